The molecule has 5 rings (SSSR count). The SMILES string of the molecule is Cc1cc2c(c3c1C(=O)/C(=C/c1ccco1)O3)CN(C(C)c1ccccc1)CO2. The van der Waals surface area contributed by atoms with Crippen molar-refractivity contribution in [2.75, 3.05) is 6.73 Å². The Morgan fingerprint density at radius 3 is 2.72 bits per heavy atom. The zero-order valence-corrected chi connectivity index (χ0v) is 16.3. The van der Waals surface area contributed by atoms with Crippen LogP contribution in [0.2, 0.25) is 0 Å². The minimum atomic E-state index is -0.120. The Morgan fingerprint density at radius 1 is 1.14 bits per heavy atom. The first kappa shape index (κ1) is 17.8. The standard InChI is InChI=1S/C24H21NO4/c1-15-11-20-19(13-25(14-28-20)16(2)17-7-4-3-5-8-17)24-22(15)23(26)21(29-24)12-18-9-6-10-27-18/h3-12,16H,13-14H2,1-2H3/b21-12-. The lowest BCUT2D eigenvalue weighted by molar-refractivity contribution is 0.0605. The van der Waals surface area contributed by atoms with Crippen LogP contribution >= 0.6 is 0 Å². The van der Waals surface area contributed by atoms with E-state index in [4.69, 9.17) is 13.9 Å². The average molecular weight is 387 g/mol. The third kappa shape index (κ3) is 3.04. The third-order valence-electron chi connectivity index (χ3n) is 5.60. The molecule has 29 heavy (non-hydrogen) atoms. The van der Waals surface area contributed by atoms with Crippen LogP contribution in [0.15, 0.2) is 65.0 Å². The Balaban J connectivity index is 1.50. The van der Waals surface area contributed by atoms with Gasteiger partial charge in [-0.2, -0.15) is 0 Å². The Hall–Kier alpha value is -3.31. The number of allylic oxidation sites excluding steroid dienone is 1. The van der Waals surface area contributed by atoms with Crippen LogP contribution in [0, 0.1) is 6.92 Å². The van der Waals surface area contributed by atoms with E-state index >= 15 is 0 Å². The summed E-state index contributed by atoms with van der Waals surface area (Å²) < 4.78 is 17.4. The minimum absolute atomic E-state index is 0.120. The number of hydrogen-bond acceptors (Lipinski definition) is 5. The highest BCUT2D eigenvalue weighted by molar-refractivity contribution is 6.15. The number of carbonyl (C=O) groups is 1. The molecular formula is C24H21NO4. The van der Waals surface area contributed by atoms with E-state index in [0.717, 1.165) is 16.9 Å². The second-order valence-corrected chi connectivity index (χ2v) is 7.44. The molecule has 5 nitrogen and oxygen atoms in total. The zero-order chi connectivity index (χ0) is 20.0. The van der Waals surface area contributed by atoms with Crippen LogP contribution in [0.25, 0.3) is 6.08 Å². The number of fused-ring (bicyclic) bond motifs is 3. The molecule has 3 aromatic rings. The van der Waals surface area contributed by atoms with Gasteiger partial charge in [-0.3, -0.25) is 9.69 Å². The van der Waals surface area contributed by atoms with E-state index < -0.39 is 0 Å². The van der Waals surface area contributed by atoms with Gasteiger partial charge in [-0.05, 0) is 43.2 Å². The largest absolute Gasteiger partial charge is 0.478 e. The van der Waals surface area contributed by atoms with Gasteiger partial charge in [0.25, 0.3) is 0 Å². The van der Waals surface area contributed by atoms with E-state index in [9.17, 15) is 4.79 Å². The van der Waals surface area contributed by atoms with Gasteiger partial charge in [0, 0.05) is 18.7 Å². The molecule has 0 bridgehead atoms. The number of aryl methyl sites for hydroxylation is 1. The Bertz CT molecular complexity index is 1100. The number of furan rings is 1. The molecule has 2 aliphatic rings. The molecule has 1 atom stereocenters. The van der Waals surface area contributed by atoms with E-state index in [1.165, 1.54) is 5.56 Å². The first-order valence-electron chi connectivity index (χ1n) is 9.68. The average Bonchev–Trinajstić information content (AvgIpc) is 3.37. The first-order chi connectivity index (χ1) is 14.1. The maximum absolute atomic E-state index is 13.0. The van der Waals surface area contributed by atoms with Crippen LogP contribution in [-0.2, 0) is 6.54 Å². The molecule has 0 aliphatic carbocycles. The molecule has 5 heteroatoms. The van der Waals surface area contributed by atoms with Crippen LogP contribution in [0.1, 0.15) is 45.8 Å². The van der Waals surface area contributed by atoms with E-state index in [0.29, 0.717) is 30.3 Å². The summed E-state index contributed by atoms with van der Waals surface area (Å²) in [4.78, 5) is 15.2. The Kier molecular flexibility index (Phi) is 4.25. The highest BCUT2D eigenvalue weighted by Gasteiger charge is 2.36. The van der Waals surface area contributed by atoms with E-state index in [2.05, 4.69) is 24.0 Å². The number of hydrogen-bond donors (Lipinski definition) is 0. The predicted molar refractivity (Wildman–Crippen MR) is 109 cm³/mol. The first-order valence-corrected chi connectivity index (χ1v) is 9.68. The Labute approximate surface area is 169 Å². The smallest absolute Gasteiger partial charge is 0.232 e. The number of nitrogens with zero attached hydrogens (tertiary/aromatic N) is 1. The minimum Gasteiger partial charge on any atom is -0.478 e. The van der Waals surface area contributed by atoms with Crippen molar-refractivity contribution < 1.29 is 18.7 Å². The molecule has 0 amide bonds. The van der Waals surface area contributed by atoms with Crippen molar-refractivity contribution in [1.82, 2.24) is 4.90 Å². The van der Waals surface area contributed by atoms with Gasteiger partial charge < -0.3 is 13.9 Å². The highest BCUT2D eigenvalue weighted by atomic mass is 16.5. The molecule has 0 saturated carbocycles. The van der Waals surface area contributed by atoms with E-state index in [1.54, 1.807) is 24.5 Å². The third-order valence-corrected chi connectivity index (χ3v) is 5.60. The lowest BCUT2D eigenvalue weighted by Gasteiger charge is -2.34. The van der Waals surface area contributed by atoms with Gasteiger partial charge in [-0.1, -0.05) is 30.3 Å². The summed E-state index contributed by atoms with van der Waals surface area (Å²) in [6.07, 6.45) is 3.21. The lowest BCUT2D eigenvalue weighted by Crippen LogP contribution is -2.34. The normalized spacial score (nSPS) is 18.1. The summed E-state index contributed by atoms with van der Waals surface area (Å²) in [6.45, 7) is 5.21. The number of Topliss-reactive ketones (excluding diaryl/α,β-unsaturated/α-hetero) is 1. The summed E-state index contributed by atoms with van der Waals surface area (Å²) in [5.41, 5.74) is 3.60. The fourth-order valence-electron chi connectivity index (χ4n) is 3.94. The van der Waals surface area contributed by atoms with E-state index in [-0.39, 0.29) is 17.6 Å². The van der Waals surface area contributed by atoms with Crippen LogP contribution in [0.5, 0.6) is 11.5 Å². The van der Waals surface area contributed by atoms with Gasteiger partial charge in [0.15, 0.2) is 5.76 Å². The van der Waals surface area contributed by atoms with Gasteiger partial charge in [0.2, 0.25) is 5.78 Å². The molecule has 2 aliphatic heterocycles. The molecule has 0 saturated heterocycles. The summed E-state index contributed by atoms with van der Waals surface area (Å²) in [7, 11) is 0. The van der Waals surface area contributed by atoms with Crippen molar-refractivity contribution in [2.24, 2.45) is 0 Å². The van der Waals surface area contributed by atoms with Gasteiger partial charge in [0.1, 0.15) is 24.0 Å². The van der Waals surface area contributed by atoms with Gasteiger partial charge in [-0.25, -0.2) is 0 Å². The molecule has 146 valence electrons. The van der Waals surface area contributed by atoms with Crippen molar-refractivity contribution in [3.05, 3.63) is 88.6 Å². The van der Waals surface area contributed by atoms with Gasteiger partial charge in [-0.15, -0.1) is 0 Å². The summed E-state index contributed by atoms with van der Waals surface area (Å²) in [6, 6.07) is 16.0. The Morgan fingerprint density at radius 2 is 1.97 bits per heavy atom. The fourth-order valence-corrected chi connectivity index (χ4v) is 3.94. The second kappa shape index (κ2) is 6.94. The predicted octanol–water partition coefficient (Wildman–Crippen LogP) is 5.12. The number of ether oxygens (including phenoxy) is 2. The molecule has 1 unspecified atom stereocenters. The van der Waals surface area contributed by atoms with Crippen LogP contribution in [0.4, 0.5) is 0 Å². The molecule has 3 heterocycles. The summed E-state index contributed by atoms with van der Waals surface area (Å²) in [5.74, 6) is 2.13. The molecule has 2 aromatic carbocycles. The van der Waals surface area contributed by atoms with Crippen molar-refractivity contribution in [3.63, 3.8) is 0 Å². The molecule has 0 radical (unpaired) electrons. The van der Waals surface area contributed by atoms with Crippen LogP contribution in [0.3, 0.4) is 0 Å². The number of benzene rings is 2. The van der Waals surface area contributed by atoms with E-state index in [1.807, 2.05) is 31.2 Å². The van der Waals surface area contributed by atoms with Gasteiger partial charge in [0.05, 0.1) is 17.4 Å². The summed E-state index contributed by atoms with van der Waals surface area (Å²) in [5, 5.41) is 0. The monoisotopic (exact) mass is 387 g/mol. The zero-order valence-electron chi connectivity index (χ0n) is 16.3. The highest BCUT2D eigenvalue weighted by Crippen LogP contribution is 2.45. The lowest BCUT2D eigenvalue weighted by atomic mass is 9.98. The van der Waals surface area contributed by atoms with Crippen LogP contribution in [-0.4, -0.2) is 17.4 Å². The van der Waals surface area contributed by atoms with Crippen molar-refractivity contribution in [1.29, 1.82) is 0 Å². The van der Waals surface area contributed by atoms with Crippen molar-refractivity contribution in [3.8, 4) is 11.5 Å². The quantitative estimate of drug-likeness (QED) is 0.584. The maximum atomic E-state index is 13.0. The molecule has 0 fully saturated rings. The number of carbonyl (C=O) groups excluding carboxylic acids is 1. The summed E-state index contributed by atoms with van der Waals surface area (Å²) >= 11 is 0. The van der Waals surface area contributed by atoms with Crippen molar-refractivity contribution in [2.45, 2.75) is 26.4 Å². The number of ketones is 1. The topological polar surface area (TPSA) is 51.9 Å². The molecular weight excluding hydrogens is 366 g/mol. The number of rotatable bonds is 3. The maximum Gasteiger partial charge on any atom is 0.232 e. The van der Waals surface area contributed by atoms with Gasteiger partial charge >= 0.3 is 0 Å². The molecule has 1 aromatic heterocycles. The fraction of sp³-hybridized carbons (Fsp3) is 0.208. The van der Waals surface area contributed by atoms with Crippen molar-refractivity contribution >= 4 is 11.9 Å². The molecule has 0 N–H and O–H groups in total. The molecule has 0 spiro atoms. The van der Waals surface area contributed by atoms with Crippen LogP contribution < -0.4 is 9.47 Å². The second-order valence-electron chi connectivity index (χ2n) is 7.44.